The van der Waals surface area contributed by atoms with E-state index in [-0.39, 0.29) is 11.8 Å². The molecule has 1 saturated carbocycles. The van der Waals surface area contributed by atoms with Crippen molar-refractivity contribution in [3.63, 3.8) is 0 Å². The van der Waals surface area contributed by atoms with Crippen molar-refractivity contribution in [3.05, 3.63) is 100.0 Å². The highest BCUT2D eigenvalue weighted by molar-refractivity contribution is 8.04. The summed E-state index contributed by atoms with van der Waals surface area (Å²) in [5.74, 6) is -0.0638. The molecule has 0 spiro atoms. The van der Waals surface area contributed by atoms with Crippen LogP contribution in [-0.4, -0.2) is 42.9 Å². The van der Waals surface area contributed by atoms with Gasteiger partial charge in [-0.2, -0.15) is 0 Å². The largest absolute Gasteiger partial charge is 0.352 e. The van der Waals surface area contributed by atoms with Crippen LogP contribution >= 0.6 is 11.8 Å². The minimum Gasteiger partial charge on any atom is -0.352 e. The van der Waals surface area contributed by atoms with Crippen molar-refractivity contribution in [3.8, 4) is 0 Å². The molecule has 1 heterocycles. The predicted molar refractivity (Wildman–Crippen MR) is 166 cm³/mol. The Morgan fingerprint density at radius 2 is 1.80 bits per heavy atom. The number of hydrogen-bond donors (Lipinski definition) is 1. The van der Waals surface area contributed by atoms with Gasteiger partial charge in [0.15, 0.2) is 0 Å². The summed E-state index contributed by atoms with van der Waals surface area (Å²) in [5, 5.41) is 3.06. The standard InChI is InChI=1S/C34H39N3O2S/c1-25-10-8-11-27(22-25)24-37-30-14-6-7-15-31(30)40-32(34(37)39)23-26-16-18-28(19-17-26)33(38)35-20-9-21-36(2)29-12-4-3-5-13-29/h6-8,10-11,14-19,22-23,29H,3-5,9,12-13,20-21,24H2,1-2H3,(H,35,38)/b32-23-. The van der Waals surface area contributed by atoms with Gasteiger partial charge in [-0.3, -0.25) is 9.59 Å². The summed E-state index contributed by atoms with van der Waals surface area (Å²) < 4.78 is 0. The maximum absolute atomic E-state index is 13.6. The van der Waals surface area contributed by atoms with Gasteiger partial charge >= 0.3 is 0 Å². The van der Waals surface area contributed by atoms with Gasteiger partial charge in [0.25, 0.3) is 11.8 Å². The fraction of sp³-hybridized carbons (Fsp3) is 0.353. The molecule has 0 atom stereocenters. The highest BCUT2D eigenvalue weighted by Gasteiger charge is 2.29. The number of fused-ring (bicyclic) bond motifs is 1. The normalized spacial score (nSPS) is 16.8. The number of nitrogens with zero attached hydrogens (tertiary/aromatic N) is 2. The Balaban J connectivity index is 1.21. The lowest BCUT2D eigenvalue weighted by molar-refractivity contribution is -0.114. The third kappa shape index (κ3) is 7.04. The molecule has 1 aliphatic heterocycles. The van der Waals surface area contributed by atoms with Crippen LogP contribution in [0.15, 0.2) is 82.6 Å². The molecule has 1 aliphatic carbocycles. The van der Waals surface area contributed by atoms with Gasteiger partial charge in [-0.15, -0.1) is 0 Å². The Hall–Kier alpha value is -3.35. The van der Waals surface area contributed by atoms with Crippen LogP contribution in [-0.2, 0) is 11.3 Å². The summed E-state index contributed by atoms with van der Waals surface area (Å²) in [6.45, 7) is 4.26. The highest BCUT2D eigenvalue weighted by Crippen LogP contribution is 2.42. The minimum absolute atomic E-state index is 0.00906. The van der Waals surface area contributed by atoms with Gasteiger partial charge in [0.05, 0.1) is 17.1 Å². The highest BCUT2D eigenvalue weighted by atomic mass is 32.2. The number of rotatable bonds is 9. The number of nitrogens with one attached hydrogen (secondary N) is 1. The summed E-state index contributed by atoms with van der Waals surface area (Å²) >= 11 is 1.50. The van der Waals surface area contributed by atoms with Gasteiger partial charge in [-0.1, -0.05) is 85.1 Å². The number of aryl methyl sites for hydroxylation is 1. The summed E-state index contributed by atoms with van der Waals surface area (Å²) in [6, 6.07) is 24.5. The predicted octanol–water partition coefficient (Wildman–Crippen LogP) is 7.06. The average Bonchev–Trinajstić information content (AvgIpc) is 2.98. The Labute approximate surface area is 242 Å². The van der Waals surface area contributed by atoms with Crippen molar-refractivity contribution in [2.24, 2.45) is 0 Å². The number of para-hydroxylation sites is 1. The van der Waals surface area contributed by atoms with E-state index in [1.54, 1.807) is 0 Å². The molecule has 3 aromatic carbocycles. The van der Waals surface area contributed by atoms with Crippen molar-refractivity contribution in [2.45, 2.75) is 62.9 Å². The maximum atomic E-state index is 13.6. The third-order valence-electron chi connectivity index (χ3n) is 7.90. The van der Waals surface area contributed by atoms with Crippen LogP contribution in [0.3, 0.4) is 0 Å². The van der Waals surface area contributed by atoms with E-state index in [0.717, 1.165) is 34.7 Å². The second kappa shape index (κ2) is 13.3. The van der Waals surface area contributed by atoms with Gasteiger partial charge in [0, 0.05) is 23.0 Å². The lowest BCUT2D eigenvalue weighted by atomic mass is 9.94. The lowest BCUT2D eigenvalue weighted by Gasteiger charge is -2.31. The molecule has 3 aromatic rings. The van der Waals surface area contributed by atoms with Gasteiger partial charge in [0.1, 0.15) is 0 Å². The SMILES string of the molecule is Cc1cccc(CN2C(=O)/C(=C/c3ccc(C(=O)NCCCN(C)C4CCCCC4)cc3)Sc3ccccc32)c1. The summed E-state index contributed by atoms with van der Waals surface area (Å²) in [7, 11) is 2.21. The van der Waals surface area contributed by atoms with Crippen LogP contribution in [0, 0.1) is 6.92 Å². The van der Waals surface area contributed by atoms with E-state index < -0.39 is 0 Å². The van der Waals surface area contributed by atoms with Crippen LogP contribution in [0.25, 0.3) is 6.08 Å². The van der Waals surface area contributed by atoms with Crippen molar-refractivity contribution < 1.29 is 9.59 Å². The number of amides is 2. The summed E-state index contributed by atoms with van der Waals surface area (Å²) in [4.78, 5) is 32.4. The number of carbonyl (C=O) groups is 2. The summed E-state index contributed by atoms with van der Waals surface area (Å²) in [6.07, 6.45) is 9.51. The van der Waals surface area contributed by atoms with E-state index in [0.29, 0.717) is 29.6 Å². The average molecular weight is 554 g/mol. The van der Waals surface area contributed by atoms with Crippen LogP contribution < -0.4 is 10.2 Å². The number of carbonyl (C=O) groups excluding carboxylic acids is 2. The molecule has 2 amide bonds. The zero-order valence-corrected chi connectivity index (χ0v) is 24.4. The Morgan fingerprint density at radius 3 is 2.58 bits per heavy atom. The quantitative estimate of drug-likeness (QED) is 0.228. The molecule has 5 rings (SSSR count). The molecule has 0 unspecified atom stereocenters. The zero-order chi connectivity index (χ0) is 27.9. The lowest BCUT2D eigenvalue weighted by Crippen LogP contribution is -2.35. The van der Waals surface area contributed by atoms with E-state index in [9.17, 15) is 9.59 Å². The van der Waals surface area contributed by atoms with E-state index in [1.807, 2.05) is 59.5 Å². The van der Waals surface area contributed by atoms with E-state index in [2.05, 4.69) is 48.5 Å². The number of hydrogen-bond acceptors (Lipinski definition) is 4. The van der Waals surface area contributed by atoms with Gasteiger partial charge < -0.3 is 15.1 Å². The number of benzene rings is 3. The molecule has 6 heteroatoms. The fourth-order valence-electron chi connectivity index (χ4n) is 5.63. The van der Waals surface area contributed by atoms with E-state index in [4.69, 9.17) is 0 Å². The smallest absolute Gasteiger partial charge is 0.265 e. The van der Waals surface area contributed by atoms with Gasteiger partial charge in [-0.05, 0) is 81.2 Å². The van der Waals surface area contributed by atoms with Gasteiger partial charge in [-0.25, -0.2) is 0 Å². The van der Waals surface area contributed by atoms with Crippen molar-refractivity contribution in [1.82, 2.24) is 10.2 Å². The second-order valence-corrected chi connectivity index (χ2v) is 12.0. The van der Waals surface area contributed by atoms with Crippen molar-refractivity contribution in [2.75, 3.05) is 25.0 Å². The molecule has 2 aliphatic rings. The molecular formula is C34H39N3O2S. The maximum Gasteiger partial charge on any atom is 0.265 e. The monoisotopic (exact) mass is 553 g/mol. The van der Waals surface area contributed by atoms with Crippen LogP contribution in [0.4, 0.5) is 5.69 Å². The molecule has 0 radical (unpaired) electrons. The molecule has 0 aromatic heterocycles. The topological polar surface area (TPSA) is 52.7 Å². The third-order valence-corrected chi connectivity index (χ3v) is 8.97. The Kier molecular flexibility index (Phi) is 9.40. The molecule has 208 valence electrons. The molecule has 1 fully saturated rings. The Morgan fingerprint density at radius 1 is 1.02 bits per heavy atom. The van der Waals surface area contributed by atoms with Crippen molar-refractivity contribution in [1.29, 1.82) is 0 Å². The zero-order valence-electron chi connectivity index (χ0n) is 23.6. The molecule has 0 saturated heterocycles. The van der Waals surface area contributed by atoms with Crippen LogP contribution in [0.1, 0.15) is 65.6 Å². The molecule has 1 N–H and O–H groups in total. The fourth-order valence-corrected chi connectivity index (χ4v) is 6.69. The Bertz CT molecular complexity index is 1360. The van der Waals surface area contributed by atoms with Gasteiger partial charge in [0.2, 0.25) is 0 Å². The second-order valence-electron chi connectivity index (χ2n) is 11.0. The minimum atomic E-state index is -0.0547. The first kappa shape index (κ1) is 28.2. The van der Waals surface area contributed by atoms with Crippen LogP contribution in [0.2, 0.25) is 0 Å². The molecule has 40 heavy (non-hydrogen) atoms. The van der Waals surface area contributed by atoms with Crippen LogP contribution in [0.5, 0.6) is 0 Å². The van der Waals surface area contributed by atoms with E-state index >= 15 is 0 Å². The van der Waals surface area contributed by atoms with Crippen molar-refractivity contribution >= 4 is 35.3 Å². The molecule has 5 nitrogen and oxygen atoms in total. The number of anilines is 1. The number of thioether (sulfide) groups is 1. The summed E-state index contributed by atoms with van der Waals surface area (Å²) in [5.41, 5.74) is 4.75. The first-order chi connectivity index (χ1) is 19.5. The molecule has 0 bridgehead atoms. The first-order valence-electron chi connectivity index (χ1n) is 14.4. The first-order valence-corrected chi connectivity index (χ1v) is 15.2. The molecular weight excluding hydrogens is 514 g/mol. The van der Waals surface area contributed by atoms with E-state index in [1.165, 1.54) is 49.4 Å².